The molecule has 0 saturated carbocycles. The lowest BCUT2D eigenvalue weighted by Crippen LogP contribution is -2.50. The van der Waals surface area contributed by atoms with E-state index in [2.05, 4.69) is 10.6 Å². The second kappa shape index (κ2) is 7.44. The van der Waals surface area contributed by atoms with E-state index >= 15 is 0 Å². The van der Waals surface area contributed by atoms with Gasteiger partial charge in [-0.2, -0.15) is 0 Å². The molecule has 2 rings (SSSR count). The largest absolute Gasteiger partial charge is 0.463 e. The molecule has 0 spiro atoms. The first-order valence-corrected chi connectivity index (χ1v) is 7.22. The predicted octanol–water partition coefficient (Wildman–Crippen LogP) is 1.36. The van der Waals surface area contributed by atoms with Crippen molar-refractivity contribution in [2.75, 3.05) is 13.2 Å². The fourth-order valence-electron chi connectivity index (χ4n) is 2.19. The zero-order valence-corrected chi connectivity index (χ0v) is 12.9. The van der Waals surface area contributed by atoms with Crippen LogP contribution in [0.4, 0.5) is 4.79 Å². The Bertz CT molecular complexity index is 639. The van der Waals surface area contributed by atoms with Gasteiger partial charge in [0.25, 0.3) is 0 Å². The minimum atomic E-state index is -0.557. The number of esters is 2. The van der Waals surface area contributed by atoms with Crippen LogP contribution < -0.4 is 10.6 Å². The van der Waals surface area contributed by atoms with Crippen molar-refractivity contribution >= 4 is 18.0 Å². The van der Waals surface area contributed by atoms with Gasteiger partial charge in [-0.25, -0.2) is 14.4 Å². The van der Waals surface area contributed by atoms with E-state index in [1.165, 1.54) is 0 Å². The minimum Gasteiger partial charge on any atom is -0.463 e. The molecule has 0 saturated heterocycles. The summed E-state index contributed by atoms with van der Waals surface area (Å²) in [4.78, 5) is 35.6. The lowest BCUT2D eigenvalue weighted by atomic mass is 10.0. The summed E-state index contributed by atoms with van der Waals surface area (Å²) < 4.78 is 10.2. The van der Waals surface area contributed by atoms with Gasteiger partial charge in [0.2, 0.25) is 0 Å². The molecule has 1 aliphatic heterocycles. The Hall–Kier alpha value is -2.83. The molecular formula is C16H18N2O5. The number of rotatable bonds is 5. The van der Waals surface area contributed by atoms with E-state index in [-0.39, 0.29) is 24.5 Å². The first-order chi connectivity index (χ1) is 11.0. The normalized spacial score (nSPS) is 17.1. The third-order valence-electron chi connectivity index (χ3n) is 3.22. The summed E-state index contributed by atoms with van der Waals surface area (Å²) in [5.74, 6) is -1.10. The maximum atomic E-state index is 12.0. The summed E-state index contributed by atoms with van der Waals surface area (Å²) in [6, 6.07) is 7.46. The quantitative estimate of drug-likeness (QED) is 0.800. The van der Waals surface area contributed by atoms with Crippen LogP contribution in [0.15, 0.2) is 41.6 Å². The van der Waals surface area contributed by atoms with Gasteiger partial charge in [0.1, 0.15) is 6.61 Å². The van der Waals surface area contributed by atoms with Gasteiger partial charge >= 0.3 is 18.0 Å². The summed E-state index contributed by atoms with van der Waals surface area (Å²) in [5.41, 5.74) is 0.857. The highest BCUT2D eigenvalue weighted by Crippen LogP contribution is 2.15. The van der Waals surface area contributed by atoms with E-state index in [1.807, 2.05) is 0 Å². The van der Waals surface area contributed by atoms with Crippen LogP contribution in [0.25, 0.3) is 0 Å². The summed E-state index contributed by atoms with van der Waals surface area (Å²) in [5, 5.41) is 5.06. The van der Waals surface area contributed by atoms with Gasteiger partial charge in [0, 0.05) is 0 Å². The van der Waals surface area contributed by atoms with Crippen molar-refractivity contribution in [2.24, 2.45) is 0 Å². The smallest absolute Gasteiger partial charge is 0.338 e. The van der Waals surface area contributed by atoms with Crippen molar-refractivity contribution in [3.63, 3.8) is 0 Å². The molecule has 2 amide bonds. The fraction of sp³-hybridized carbons (Fsp3) is 0.312. The highest BCUT2D eigenvalue weighted by Gasteiger charge is 2.30. The molecule has 7 nitrogen and oxygen atoms in total. The molecule has 122 valence electrons. The average Bonchev–Trinajstić information content (AvgIpc) is 2.53. The maximum absolute atomic E-state index is 12.0. The van der Waals surface area contributed by atoms with E-state index in [1.54, 1.807) is 44.2 Å². The van der Waals surface area contributed by atoms with Gasteiger partial charge in [0.05, 0.1) is 29.5 Å². The average molecular weight is 318 g/mol. The Kier molecular flexibility index (Phi) is 5.35. The number of ether oxygens (including phenoxy) is 2. The van der Waals surface area contributed by atoms with Gasteiger partial charge in [0.15, 0.2) is 0 Å². The van der Waals surface area contributed by atoms with Crippen LogP contribution >= 0.6 is 0 Å². The SMILES string of the molecule is CCOC(=O)C1=C(COC(=O)c2ccccc2)NC(=O)N[C@@H]1C. The highest BCUT2D eigenvalue weighted by molar-refractivity contribution is 5.95. The van der Waals surface area contributed by atoms with Gasteiger partial charge < -0.3 is 20.1 Å². The Morgan fingerprint density at radius 2 is 1.83 bits per heavy atom. The van der Waals surface area contributed by atoms with Crippen molar-refractivity contribution < 1.29 is 23.9 Å². The molecular weight excluding hydrogens is 300 g/mol. The standard InChI is InChI=1S/C16H18N2O5/c1-3-22-15(20)13-10(2)17-16(21)18-12(13)9-23-14(19)11-7-5-4-6-8-11/h4-8,10H,3,9H2,1-2H3,(H2,17,18,21)/t10-/m1/s1. The van der Waals surface area contributed by atoms with Crippen LogP contribution in [0.3, 0.4) is 0 Å². The summed E-state index contributed by atoms with van der Waals surface area (Å²) >= 11 is 0. The fourth-order valence-corrected chi connectivity index (χ4v) is 2.19. The first kappa shape index (κ1) is 16.5. The predicted molar refractivity (Wildman–Crippen MR) is 81.5 cm³/mol. The topological polar surface area (TPSA) is 93.7 Å². The van der Waals surface area contributed by atoms with Gasteiger partial charge in [-0.05, 0) is 26.0 Å². The number of hydrogen-bond acceptors (Lipinski definition) is 5. The third-order valence-corrected chi connectivity index (χ3v) is 3.22. The molecule has 1 aromatic carbocycles. The Balaban J connectivity index is 2.15. The number of hydrogen-bond donors (Lipinski definition) is 2. The summed E-state index contributed by atoms with van der Waals surface area (Å²) in [6.45, 7) is 3.33. The van der Waals surface area contributed by atoms with Crippen molar-refractivity contribution in [1.29, 1.82) is 0 Å². The van der Waals surface area contributed by atoms with E-state index in [4.69, 9.17) is 9.47 Å². The molecule has 0 fully saturated rings. The first-order valence-electron chi connectivity index (χ1n) is 7.22. The molecule has 23 heavy (non-hydrogen) atoms. The Morgan fingerprint density at radius 1 is 1.13 bits per heavy atom. The maximum Gasteiger partial charge on any atom is 0.338 e. The Labute approximate surface area is 133 Å². The minimum absolute atomic E-state index is 0.208. The number of nitrogens with one attached hydrogen (secondary N) is 2. The van der Waals surface area contributed by atoms with E-state index in [0.717, 1.165) is 0 Å². The van der Waals surface area contributed by atoms with Crippen LogP contribution in [-0.4, -0.2) is 37.2 Å². The molecule has 0 radical (unpaired) electrons. The monoisotopic (exact) mass is 318 g/mol. The second-order valence-electron chi connectivity index (χ2n) is 4.88. The number of amides is 2. The molecule has 1 heterocycles. The molecule has 0 aromatic heterocycles. The van der Waals surface area contributed by atoms with Gasteiger partial charge in [-0.3, -0.25) is 0 Å². The molecule has 7 heteroatoms. The molecule has 1 aliphatic rings. The molecule has 0 bridgehead atoms. The van der Waals surface area contributed by atoms with E-state index < -0.39 is 24.0 Å². The van der Waals surface area contributed by atoms with Crippen LogP contribution in [0.5, 0.6) is 0 Å². The van der Waals surface area contributed by atoms with E-state index in [9.17, 15) is 14.4 Å². The number of carbonyl (C=O) groups is 3. The molecule has 0 aliphatic carbocycles. The molecule has 0 unspecified atom stereocenters. The summed E-state index contributed by atoms with van der Waals surface area (Å²) in [6.07, 6.45) is 0. The third kappa shape index (κ3) is 4.09. The van der Waals surface area contributed by atoms with Crippen LogP contribution in [0, 0.1) is 0 Å². The number of carbonyl (C=O) groups excluding carboxylic acids is 3. The van der Waals surface area contributed by atoms with Crippen LogP contribution in [0.1, 0.15) is 24.2 Å². The zero-order chi connectivity index (χ0) is 16.8. The lowest BCUT2D eigenvalue weighted by molar-refractivity contribution is -0.139. The van der Waals surface area contributed by atoms with Crippen molar-refractivity contribution in [2.45, 2.75) is 19.9 Å². The zero-order valence-electron chi connectivity index (χ0n) is 12.9. The van der Waals surface area contributed by atoms with Crippen molar-refractivity contribution in [3.8, 4) is 0 Å². The van der Waals surface area contributed by atoms with Gasteiger partial charge in [-0.15, -0.1) is 0 Å². The molecule has 1 aromatic rings. The highest BCUT2D eigenvalue weighted by atomic mass is 16.5. The van der Waals surface area contributed by atoms with Crippen LogP contribution in [0.2, 0.25) is 0 Å². The van der Waals surface area contributed by atoms with E-state index in [0.29, 0.717) is 5.56 Å². The van der Waals surface area contributed by atoms with Crippen molar-refractivity contribution in [1.82, 2.24) is 10.6 Å². The van der Waals surface area contributed by atoms with Crippen molar-refractivity contribution in [3.05, 3.63) is 47.2 Å². The van der Waals surface area contributed by atoms with Gasteiger partial charge in [-0.1, -0.05) is 18.2 Å². The Morgan fingerprint density at radius 3 is 2.48 bits per heavy atom. The molecule has 1 atom stereocenters. The second-order valence-corrected chi connectivity index (χ2v) is 4.88. The summed E-state index contributed by atoms with van der Waals surface area (Å²) in [7, 11) is 0. The number of benzene rings is 1. The number of urea groups is 1. The lowest BCUT2D eigenvalue weighted by Gasteiger charge is -2.26. The van der Waals surface area contributed by atoms with Crippen LogP contribution in [-0.2, 0) is 14.3 Å². The molecule has 2 N–H and O–H groups in total.